The van der Waals surface area contributed by atoms with Crippen LogP contribution in [-0.2, 0) is 11.3 Å². The lowest BCUT2D eigenvalue weighted by atomic mass is 10.1. The number of amides is 2. The number of ether oxygens (including phenoxy) is 2. The molecular weight excluding hydrogens is 396 g/mol. The van der Waals surface area contributed by atoms with E-state index in [0.717, 1.165) is 18.4 Å². The van der Waals surface area contributed by atoms with Gasteiger partial charge < -0.3 is 24.4 Å². The minimum atomic E-state index is -0.184. The summed E-state index contributed by atoms with van der Waals surface area (Å²) in [7, 11) is 1.56. The van der Waals surface area contributed by atoms with Gasteiger partial charge in [0, 0.05) is 51.5 Å². The molecule has 31 heavy (non-hydrogen) atoms. The molecule has 166 valence electrons. The Balaban J connectivity index is 1.75. The van der Waals surface area contributed by atoms with Gasteiger partial charge >= 0.3 is 0 Å². The molecule has 1 fully saturated rings. The number of methoxy groups -OCH3 is 1. The molecule has 1 aliphatic rings. The number of hydrogen-bond acceptors (Lipinski definition) is 5. The summed E-state index contributed by atoms with van der Waals surface area (Å²) in [6, 6.07) is 14.8. The Morgan fingerprint density at radius 3 is 2.42 bits per heavy atom. The molecule has 0 atom stereocenters. The predicted molar refractivity (Wildman–Crippen MR) is 117 cm³/mol. The summed E-state index contributed by atoms with van der Waals surface area (Å²) in [4.78, 5) is 28.1. The normalized spacial score (nSPS) is 14.2. The maximum Gasteiger partial charge on any atom is 0.254 e. The molecule has 7 heteroatoms. The van der Waals surface area contributed by atoms with Crippen LogP contribution in [0.25, 0.3) is 0 Å². The van der Waals surface area contributed by atoms with Gasteiger partial charge in [-0.25, -0.2) is 0 Å². The summed E-state index contributed by atoms with van der Waals surface area (Å²) in [5.74, 6) is 0.962. The van der Waals surface area contributed by atoms with Crippen molar-refractivity contribution in [1.82, 2.24) is 9.80 Å². The summed E-state index contributed by atoms with van der Waals surface area (Å²) < 4.78 is 11.6. The zero-order chi connectivity index (χ0) is 22.2. The van der Waals surface area contributed by atoms with Gasteiger partial charge in [-0.3, -0.25) is 9.59 Å². The molecule has 0 spiro atoms. The van der Waals surface area contributed by atoms with Crippen molar-refractivity contribution in [2.45, 2.75) is 32.4 Å². The number of aliphatic hydroxyl groups excluding tert-OH is 1. The van der Waals surface area contributed by atoms with E-state index in [0.29, 0.717) is 36.7 Å². The Kier molecular flexibility index (Phi) is 7.89. The summed E-state index contributed by atoms with van der Waals surface area (Å²) >= 11 is 0. The second-order valence-corrected chi connectivity index (χ2v) is 7.62. The van der Waals surface area contributed by atoms with E-state index in [2.05, 4.69) is 0 Å². The van der Waals surface area contributed by atoms with Crippen LogP contribution in [0.1, 0.15) is 35.7 Å². The molecule has 1 N–H and O–H groups in total. The van der Waals surface area contributed by atoms with Gasteiger partial charge in [-0.1, -0.05) is 30.3 Å². The van der Waals surface area contributed by atoms with Crippen LogP contribution in [-0.4, -0.2) is 66.2 Å². The molecule has 1 saturated heterocycles. The van der Waals surface area contributed by atoms with Crippen molar-refractivity contribution in [3.63, 3.8) is 0 Å². The van der Waals surface area contributed by atoms with Crippen LogP contribution < -0.4 is 9.47 Å². The van der Waals surface area contributed by atoms with Gasteiger partial charge in [0.1, 0.15) is 6.10 Å². The van der Waals surface area contributed by atoms with Crippen molar-refractivity contribution in [3.8, 4) is 11.5 Å². The average Bonchev–Trinajstić information content (AvgIpc) is 2.79. The highest BCUT2D eigenvalue weighted by Gasteiger charge is 2.24. The first-order valence-electron chi connectivity index (χ1n) is 10.6. The third-order valence-corrected chi connectivity index (χ3v) is 5.46. The summed E-state index contributed by atoms with van der Waals surface area (Å²) in [5.41, 5.74) is 1.47. The molecule has 3 rings (SSSR count). The van der Waals surface area contributed by atoms with Gasteiger partial charge in [0.2, 0.25) is 5.91 Å². The van der Waals surface area contributed by atoms with Crippen LogP contribution >= 0.6 is 0 Å². The lowest BCUT2D eigenvalue weighted by Gasteiger charge is -2.32. The fourth-order valence-corrected chi connectivity index (χ4v) is 3.73. The standard InChI is InChI=1S/C24H30N2O5/c1-18(28)25-12-10-21(11-13-25)31-23-16-20(8-9-22(23)30-2)24(29)26(14-15-27)17-19-6-4-3-5-7-19/h3-9,16,21,27H,10-15,17H2,1-2H3. The van der Waals surface area contributed by atoms with E-state index in [4.69, 9.17) is 9.47 Å². The summed E-state index contributed by atoms with van der Waals surface area (Å²) in [6.07, 6.45) is 1.41. The first-order valence-corrected chi connectivity index (χ1v) is 10.6. The molecule has 1 aliphatic heterocycles. The van der Waals surface area contributed by atoms with E-state index >= 15 is 0 Å². The second-order valence-electron chi connectivity index (χ2n) is 7.62. The van der Waals surface area contributed by atoms with Gasteiger partial charge in [0.25, 0.3) is 5.91 Å². The molecule has 2 aromatic carbocycles. The Hall–Kier alpha value is -3.06. The molecule has 7 nitrogen and oxygen atoms in total. The van der Waals surface area contributed by atoms with Gasteiger partial charge in [-0.05, 0) is 23.8 Å². The van der Waals surface area contributed by atoms with Crippen LogP contribution in [0.15, 0.2) is 48.5 Å². The molecule has 1 heterocycles. The number of piperidine rings is 1. The molecule has 2 aromatic rings. The van der Waals surface area contributed by atoms with Crippen LogP contribution in [0, 0.1) is 0 Å². The van der Waals surface area contributed by atoms with Crippen molar-refractivity contribution >= 4 is 11.8 Å². The van der Waals surface area contributed by atoms with Crippen LogP contribution in [0.3, 0.4) is 0 Å². The Morgan fingerprint density at radius 2 is 1.81 bits per heavy atom. The molecule has 2 amide bonds. The monoisotopic (exact) mass is 426 g/mol. The van der Waals surface area contributed by atoms with E-state index in [1.165, 1.54) is 0 Å². The third-order valence-electron chi connectivity index (χ3n) is 5.46. The number of likely N-dealkylation sites (tertiary alicyclic amines) is 1. The average molecular weight is 427 g/mol. The summed E-state index contributed by atoms with van der Waals surface area (Å²) in [6.45, 7) is 3.41. The first-order chi connectivity index (χ1) is 15.0. The van der Waals surface area contributed by atoms with E-state index < -0.39 is 0 Å². The number of rotatable bonds is 8. The van der Waals surface area contributed by atoms with Crippen LogP contribution in [0.5, 0.6) is 11.5 Å². The largest absolute Gasteiger partial charge is 0.493 e. The smallest absolute Gasteiger partial charge is 0.254 e. The quantitative estimate of drug-likeness (QED) is 0.702. The maximum absolute atomic E-state index is 13.2. The van der Waals surface area contributed by atoms with E-state index in [1.54, 1.807) is 37.1 Å². The molecular formula is C24H30N2O5. The molecule has 0 aliphatic carbocycles. The minimum absolute atomic E-state index is 0.0484. The topological polar surface area (TPSA) is 79.3 Å². The van der Waals surface area contributed by atoms with Crippen molar-refractivity contribution in [1.29, 1.82) is 0 Å². The van der Waals surface area contributed by atoms with Crippen molar-refractivity contribution in [2.24, 2.45) is 0 Å². The van der Waals surface area contributed by atoms with Gasteiger partial charge in [-0.2, -0.15) is 0 Å². The Bertz CT molecular complexity index is 879. The minimum Gasteiger partial charge on any atom is -0.493 e. The number of carbonyl (C=O) groups is 2. The van der Waals surface area contributed by atoms with Crippen LogP contribution in [0.4, 0.5) is 0 Å². The first kappa shape index (κ1) is 22.6. The Morgan fingerprint density at radius 1 is 1.10 bits per heavy atom. The van der Waals surface area contributed by atoms with E-state index in [-0.39, 0.29) is 31.1 Å². The summed E-state index contributed by atoms with van der Waals surface area (Å²) in [5, 5.41) is 9.46. The fraction of sp³-hybridized carbons (Fsp3) is 0.417. The number of benzene rings is 2. The predicted octanol–water partition coefficient (Wildman–Crippen LogP) is 2.72. The third kappa shape index (κ3) is 5.98. The number of aliphatic hydroxyl groups is 1. The Labute approximate surface area is 183 Å². The van der Waals surface area contributed by atoms with E-state index in [9.17, 15) is 14.7 Å². The van der Waals surface area contributed by atoms with Gasteiger partial charge in [0.05, 0.1) is 13.7 Å². The van der Waals surface area contributed by atoms with Crippen LogP contribution in [0.2, 0.25) is 0 Å². The second kappa shape index (κ2) is 10.8. The van der Waals surface area contributed by atoms with Crippen molar-refractivity contribution < 1.29 is 24.2 Å². The van der Waals surface area contributed by atoms with Gasteiger partial charge in [-0.15, -0.1) is 0 Å². The van der Waals surface area contributed by atoms with Crippen molar-refractivity contribution in [2.75, 3.05) is 33.4 Å². The number of nitrogens with zero attached hydrogens (tertiary/aromatic N) is 2. The molecule has 0 saturated carbocycles. The molecule has 0 bridgehead atoms. The molecule has 0 unspecified atom stereocenters. The SMILES string of the molecule is COc1ccc(C(=O)N(CCO)Cc2ccccc2)cc1OC1CCN(C(C)=O)CC1. The fourth-order valence-electron chi connectivity index (χ4n) is 3.73. The lowest BCUT2D eigenvalue weighted by molar-refractivity contribution is -0.130. The van der Waals surface area contributed by atoms with E-state index in [1.807, 2.05) is 35.2 Å². The highest BCUT2D eigenvalue weighted by atomic mass is 16.5. The number of hydrogen-bond donors (Lipinski definition) is 1. The maximum atomic E-state index is 13.2. The zero-order valence-corrected chi connectivity index (χ0v) is 18.1. The highest BCUT2D eigenvalue weighted by Crippen LogP contribution is 2.31. The molecule has 0 radical (unpaired) electrons. The highest BCUT2D eigenvalue weighted by molar-refractivity contribution is 5.95. The van der Waals surface area contributed by atoms with Gasteiger partial charge in [0.15, 0.2) is 11.5 Å². The molecule has 0 aromatic heterocycles. The lowest BCUT2D eigenvalue weighted by Crippen LogP contribution is -2.40. The zero-order valence-electron chi connectivity index (χ0n) is 18.1. The van der Waals surface area contributed by atoms with Crippen molar-refractivity contribution in [3.05, 3.63) is 59.7 Å². The number of carbonyl (C=O) groups excluding carboxylic acids is 2.